The average molecular weight is 443 g/mol. The lowest BCUT2D eigenvalue weighted by atomic mass is 9.73. The van der Waals surface area contributed by atoms with Gasteiger partial charge in [0.1, 0.15) is 5.60 Å². The topological polar surface area (TPSA) is 84.1 Å². The summed E-state index contributed by atoms with van der Waals surface area (Å²) in [6.07, 6.45) is 11.2. The van der Waals surface area contributed by atoms with Gasteiger partial charge in [-0.1, -0.05) is 24.6 Å². The largest absolute Gasteiger partial charge is 0.444 e. The van der Waals surface area contributed by atoms with Gasteiger partial charge in [0.2, 0.25) is 5.95 Å². The minimum atomic E-state index is -0.509. The van der Waals surface area contributed by atoms with E-state index in [2.05, 4.69) is 24.6 Å². The van der Waals surface area contributed by atoms with Crippen LogP contribution < -0.4 is 10.2 Å². The van der Waals surface area contributed by atoms with Gasteiger partial charge in [-0.15, -0.1) is 0 Å². The van der Waals surface area contributed by atoms with E-state index < -0.39 is 5.60 Å². The van der Waals surface area contributed by atoms with E-state index in [-0.39, 0.29) is 17.6 Å². The van der Waals surface area contributed by atoms with E-state index in [0.29, 0.717) is 0 Å². The zero-order valence-electron chi connectivity index (χ0n) is 18.4. The molecule has 0 radical (unpaired) electrons. The highest BCUT2D eigenvalue weighted by molar-refractivity contribution is 8.14. The number of anilines is 1. The molecule has 2 aromatic rings. The van der Waals surface area contributed by atoms with Crippen molar-refractivity contribution in [2.75, 3.05) is 24.5 Å². The maximum atomic E-state index is 12.6. The highest BCUT2D eigenvalue weighted by atomic mass is 32.2. The molecule has 1 aliphatic carbocycles. The number of imidazole rings is 1. The quantitative estimate of drug-likeness (QED) is 0.776. The molecule has 31 heavy (non-hydrogen) atoms. The first kappa shape index (κ1) is 20.6. The summed E-state index contributed by atoms with van der Waals surface area (Å²) in [6.45, 7) is 8.17. The van der Waals surface area contributed by atoms with Crippen LogP contribution in [0.2, 0.25) is 0 Å². The Balaban J connectivity index is 1.40. The maximum Gasteiger partial charge on any atom is 0.407 e. The van der Waals surface area contributed by atoms with Crippen LogP contribution in [0.5, 0.6) is 0 Å². The SMILES string of the molecule is CC(C)(C)OC(=O)NC1CN(c2ncc(SC3=NC3)c3nccn23)CCC12CCCC2. The molecule has 1 saturated heterocycles. The van der Waals surface area contributed by atoms with Gasteiger partial charge in [-0.2, -0.15) is 0 Å². The van der Waals surface area contributed by atoms with E-state index in [1.807, 2.05) is 39.4 Å². The highest BCUT2D eigenvalue weighted by Gasteiger charge is 2.46. The number of hydrogen-bond acceptors (Lipinski definition) is 7. The average Bonchev–Trinajstić information content (AvgIpc) is 3.18. The first-order chi connectivity index (χ1) is 14.8. The van der Waals surface area contributed by atoms with E-state index in [1.54, 1.807) is 11.8 Å². The number of nitrogens with zero attached hydrogens (tertiary/aromatic N) is 5. The van der Waals surface area contributed by atoms with Crippen LogP contribution in [0.15, 0.2) is 28.5 Å². The Morgan fingerprint density at radius 1 is 1.26 bits per heavy atom. The Morgan fingerprint density at radius 3 is 2.74 bits per heavy atom. The summed E-state index contributed by atoms with van der Waals surface area (Å²) in [5, 5.41) is 4.35. The van der Waals surface area contributed by atoms with Gasteiger partial charge >= 0.3 is 6.09 Å². The van der Waals surface area contributed by atoms with Crippen molar-refractivity contribution in [2.45, 2.75) is 69.4 Å². The molecule has 0 aromatic carbocycles. The predicted octanol–water partition coefficient (Wildman–Crippen LogP) is 3.90. The van der Waals surface area contributed by atoms with E-state index >= 15 is 0 Å². The van der Waals surface area contributed by atoms with E-state index in [4.69, 9.17) is 9.72 Å². The standard InChI is InChI=1S/C22H30N6O2S/c1-21(2,3)30-20(29)26-16-14-27(10-8-22(16)6-4-5-7-22)19-25-12-15(31-17-13-24-17)18-23-9-11-28(18)19/h9,11-12,16H,4-8,10,13-14H2,1-3H3,(H,26,29). The number of carbonyl (C=O) groups is 1. The van der Waals surface area contributed by atoms with Gasteiger partial charge in [-0.25, -0.2) is 14.8 Å². The molecule has 2 aliphatic heterocycles. The third-order valence-corrected chi connectivity index (χ3v) is 7.49. The van der Waals surface area contributed by atoms with Gasteiger partial charge in [0.15, 0.2) is 5.65 Å². The van der Waals surface area contributed by atoms with Gasteiger partial charge in [0, 0.05) is 31.7 Å². The Hall–Kier alpha value is -2.29. The lowest BCUT2D eigenvalue weighted by Crippen LogP contribution is -2.58. The van der Waals surface area contributed by atoms with E-state index in [9.17, 15) is 4.79 Å². The number of fused-ring (bicyclic) bond motifs is 1. The Labute approximate surface area is 186 Å². The van der Waals surface area contributed by atoms with Gasteiger partial charge in [-0.05, 0) is 45.4 Å². The van der Waals surface area contributed by atoms with Gasteiger partial charge < -0.3 is 15.0 Å². The van der Waals surface area contributed by atoms with Crippen LogP contribution in [0.4, 0.5) is 10.7 Å². The van der Waals surface area contributed by atoms with Crippen LogP contribution in [0.1, 0.15) is 52.9 Å². The Bertz CT molecular complexity index is 1020. The normalized spacial score (nSPS) is 22.6. The van der Waals surface area contributed by atoms with Crippen LogP contribution >= 0.6 is 11.8 Å². The third kappa shape index (κ3) is 4.24. The fourth-order valence-electron chi connectivity index (χ4n) is 4.96. The minimum absolute atomic E-state index is 0.0360. The minimum Gasteiger partial charge on any atom is -0.444 e. The maximum absolute atomic E-state index is 12.6. The second kappa shape index (κ2) is 7.69. The summed E-state index contributed by atoms with van der Waals surface area (Å²) in [5.41, 5.74) is 0.550. The first-order valence-corrected chi connectivity index (χ1v) is 11.9. The van der Waals surface area contributed by atoms with Crippen LogP contribution in [-0.2, 0) is 4.74 Å². The molecule has 1 spiro atoms. The number of rotatable bonds is 3. The molecule has 4 heterocycles. The monoisotopic (exact) mass is 442 g/mol. The molecule has 166 valence electrons. The lowest BCUT2D eigenvalue weighted by Gasteiger charge is -2.46. The molecule has 1 amide bonds. The molecule has 9 heteroatoms. The summed E-state index contributed by atoms with van der Waals surface area (Å²) in [4.78, 5) is 29.6. The number of piperidine rings is 1. The Kier molecular flexibility index (Phi) is 5.11. The number of aromatic nitrogens is 3. The first-order valence-electron chi connectivity index (χ1n) is 11.1. The smallest absolute Gasteiger partial charge is 0.407 e. The number of hydrogen-bond donors (Lipinski definition) is 1. The van der Waals surface area contributed by atoms with Crippen molar-refractivity contribution in [3.63, 3.8) is 0 Å². The third-order valence-electron chi connectivity index (χ3n) is 6.48. The van der Waals surface area contributed by atoms with Crippen molar-refractivity contribution in [3.8, 4) is 0 Å². The van der Waals surface area contributed by atoms with Gasteiger partial charge in [0.05, 0.1) is 22.5 Å². The molecule has 1 unspecified atom stereocenters. The summed E-state index contributed by atoms with van der Waals surface area (Å²) in [7, 11) is 0. The summed E-state index contributed by atoms with van der Waals surface area (Å²) in [6, 6.07) is 0.0360. The molecule has 1 atom stereocenters. The lowest BCUT2D eigenvalue weighted by molar-refractivity contribution is 0.0420. The fourth-order valence-corrected chi connectivity index (χ4v) is 5.75. The van der Waals surface area contributed by atoms with Crippen molar-refractivity contribution >= 4 is 34.5 Å². The number of ether oxygens (including phenoxy) is 1. The van der Waals surface area contributed by atoms with Crippen molar-refractivity contribution in [3.05, 3.63) is 18.6 Å². The molecule has 2 aromatic heterocycles. The molecular formula is C22H30N6O2S. The van der Waals surface area contributed by atoms with Crippen LogP contribution in [0.3, 0.4) is 0 Å². The van der Waals surface area contributed by atoms with Crippen molar-refractivity contribution in [1.82, 2.24) is 19.7 Å². The molecule has 3 aliphatic rings. The number of nitrogens with one attached hydrogen (secondary N) is 1. The van der Waals surface area contributed by atoms with E-state index in [0.717, 1.165) is 60.4 Å². The molecule has 5 rings (SSSR count). The van der Waals surface area contributed by atoms with Crippen molar-refractivity contribution < 1.29 is 9.53 Å². The second-order valence-electron chi connectivity index (χ2n) is 9.82. The number of carbonyl (C=O) groups excluding carboxylic acids is 1. The molecule has 2 fully saturated rings. The summed E-state index contributed by atoms with van der Waals surface area (Å²) < 4.78 is 7.65. The number of alkyl carbamates (subject to hydrolysis) is 1. The van der Waals surface area contributed by atoms with Gasteiger partial charge in [-0.3, -0.25) is 9.39 Å². The molecule has 1 saturated carbocycles. The predicted molar refractivity (Wildman–Crippen MR) is 122 cm³/mol. The Morgan fingerprint density at radius 2 is 2.03 bits per heavy atom. The zero-order chi connectivity index (χ0) is 21.6. The molecule has 8 nitrogen and oxygen atoms in total. The number of thioether (sulfide) groups is 1. The van der Waals surface area contributed by atoms with Crippen LogP contribution in [0.25, 0.3) is 5.65 Å². The molecule has 1 N–H and O–H groups in total. The van der Waals surface area contributed by atoms with E-state index in [1.165, 1.54) is 12.8 Å². The van der Waals surface area contributed by atoms with Crippen molar-refractivity contribution in [1.29, 1.82) is 0 Å². The molecule has 0 bridgehead atoms. The zero-order valence-corrected chi connectivity index (χ0v) is 19.2. The summed E-state index contributed by atoms with van der Waals surface area (Å²) >= 11 is 1.64. The molecular weight excluding hydrogens is 412 g/mol. The van der Waals surface area contributed by atoms with Crippen LogP contribution in [-0.4, -0.2) is 56.8 Å². The second-order valence-corrected chi connectivity index (χ2v) is 10.9. The number of amides is 1. The summed E-state index contributed by atoms with van der Waals surface area (Å²) in [5.74, 6) is 0.874. The van der Waals surface area contributed by atoms with Crippen LogP contribution in [0, 0.1) is 5.41 Å². The van der Waals surface area contributed by atoms with Crippen molar-refractivity contribution in [2.24, 2.45) is 10.4 Å². The fraction of sp³-hybridized carbons (Fsp3) is 0.636. The highest BCUT2D eigenvalue weighted by Crippen LogP contribution is 2.47. The van der Waals surface area contributed by atoms with Gasteiger partial charge in [0.25, 0.3) is 0 Å². The number of aliphatic imine (C=N–C) groups is 1.